The molecule has 0 saturated heterocycles. The predicted molar refractivity (Wildman–Crippen MR) is 155 cm³/mol. The van der Waals surface area contributed by atoms with Gasteiger partial charge in [-0.3, -0.25) is 19.4 Å². The number of benzene rings is 1. The predicted octanol–water partition coefficient (Wildman–Crippen LogP) is 3.85. The number of sulfonamides is 1. The van der Waals surface area contributed by atoms with Gasteiger partial charge in [0.2, 0.25) is 10.0 Å². The van der Waals surface area contributed by atoms with Crippen LogP contribution in [0.25, 0.3) is 22.0 Å². The van der Waals surface area contributed by atoms with Crippen molar-refractivity contribution < 1.29 is 22.7 Å². The summed E-state index contributed by atoms with van der Waals surface area (Å²) in [6.07, 6.45) is 5.59. The molecular weight excluding hydrogens is 544 g/mol. The van der Waals surface area contributed by atoms with Gasteiger partial charge in [0.25, 0.3) is 11.5 Å². The Labute approximate surface area is 237 Å². The van der Waals surface area contributed by atoms with E-state index in [1.807, 2.05) is 25.1 Å². The number of aromatic nitrogens is 3. The molecule has 2 N–H and O–H groups in total. The number of amides is 1. The highest BCUT2D eigenvalue weighted by molar-refractivity contribution is 7.91. The molecule has 10 nitrogen and oxygen atoms in total. The molecule has 3 heterocycles. The smallest absolute Gasteiger partial charge is 0.310 e. The van der Waals surface area contributed by atoms with Gasteiger partial charge in [-0.1, -0.05) is 11.6 Å². The van der Waals surface area contributed by atoms with E-state index in [0.29, 0.717) is 40.4 Å². The van der Waals surface area contributed by atoms with E-state index in [9.17, 15) is 22.8 Å². The van der Waals surface area contributed by atoms with Gasteiger partial charge >= 0.3 is 5.97 Å². The van der Waals surface area contributed by atoms with Gasteiger partial charge in [0.1, 0.15) is 11.3 Å². The van der Waals surface area contributed by atoms with E-state index in [0.717, 1.165) is 5.56 Å². The number of aromatic amines is 1. The Morgan fingerprint density at radius 3 is 2.59 bits per heavy atom. The highest BCUT2D eigenvalue weighted by atomic mass is 32.2. The average molecular weight is 577 g/mol. The molecule has 11 heteroatoms. The van der Waals surface area contributed by atoms with Crippen molar-refractivity contribution in [3.05, 3.63) is 87.7 Å². The zero-order valence-electron chi connectivity index (χ0n) is 23.4. The number of ether oxygens (including phenoxy) is 1. The Hall–Kier alpha value is -4.25. The van der Waals surface area contributed by atoms with E-state index in [-0.39, 0.29) is 24.2 Å². The number of H-pyrrole nitrogens is 1. The van der Waals surface area contributed by atoms with Crippen LogP contribution < -0.4 is 10.3 Å². The Kier molecular flexibility index (Phi) is 7.33. The maximum Gasteiger partial charge on any atom is 0.310 e. The SMILES string of the molecule is Cc1ccc2c(c1)c(-c1ccc[nH]c1=O)c(C(=O)NS(=O)(=O)C1CC1)n2Cc1ccncc1CC(=O)OC(C)(C)C. The van der Waals surface area contributed by atoms with Gasteiger partial charge in [0.15, 0.2) is 0 Å². The van der Waals surface area contributed by atoms with Gasteiger partial charge in [0.05, 0.1) is 11.7 Å². The molecule has 1 aromatic carbocycles. The number of hydrogen-bond donors (Lipinski definition) is 2. The molecule has 214 valence electrons. The third-order valence-corrected chi connectivity index (χ3v) is 8.63. The van der Waals surface area contributed by atoms with Gasteiger partial charge in [-0.2, -0.15) is 0 Å². The summed E-state index contributed by atoms with van der Waals surface area (Å²) in [5.74, 6) is -1.25. The third kappa shape index (κ3) is 6.09. The molecule has 4 aromatic rings. The van der Waals surface area contributed by atoms with Crippen molar-refractivity contribution in [1.29, 1.82) is 0 Å². The van der Waals surface area contributed by atoms with Gasteiger partial charge < -0.3 is 14.3 Å². The Bertz CT molecular complexity index is 1830. The molecule has 1 fully saturated rings. The van der Waals surface area contributed by atoms with Crippen LogP contribution in [0, 0.1) is 6.92 Å². The van der Waals surface area contributed by atoms with E-state index in [1.54, 1.807) is 55.9 Å². The van der Waals surface area contributed by atoms with Gasteiger partial charge in [0, 0.05) is 47.2 Å². The zero-order chi connectivity index (χ0) is 29.5. The maximum atomic E-state index is 13.9. The van der Waals surface area contributed by atoms with E-state index in [4.69, 9.17) is 4.74 Å². The maximum absolute atomic E-state index is 13.9. The summed E-state index contributed by atoms with van der Waals surface area (Å²) in [4.78, 5) is 46.4. The van der Waals surface area contributed by atoms with Crippen molar-refractivity contribution >= 4 is 32.8 Å². The molecular formula is C30H32N4O6S. The fourth-order valence-corrected chi connectivity index (χ4v) is 6.15. The van der Waals surface area contributed by atoms with Crippen LogP contribution in [0.2, 0.25) is 0 Å². The van der Waals surface area contributed by atoms with Crippen LogP contribution >= 0.6 is 0 Å². The second-order valence-electron chi connectivity index (χ2n) is 11.3. The zero-order valence-corrected chi connectivity index (χ0v) is 24.2. The van der Waals surface area contributed by atoms with Crippen LogP contribution in [0.15, 0.2) is 59.8 Å². The Balaban J connectivity index is 1.70. The topological polar surface area (TPSA) is 140 Å². The van der Waals surface area contributed by atoms with Gasteiger partial charge in [-0.15, -0.1) is 0 Å². The van der Waals surface area contributed by atoms with Crippen LogP contribution in [0.4, 0.5) is 0 Å². The van der Waals surface area contributed by atoms with E-state index >= 15 is 0 Å². The minimum Gasteiger partial charge on any atom is -0.460 e. The van der Waals surface area contributed by atoms with Gasteiger partial charge in [-0.25, -0.2) is 13.1 Å². The highest BCUT2D eigenvalue weighted by Crippen LogP contribution is 2.36. The summed E-state index contributed by atoms with van der Waals surface area (Å²) >= 11 is 0. The van der Waals surface area contributed by atoms with Crippen LogP contribution in [0.3, 0.4) is 0 Å². The van der Waals surface area contributed by atoms with Crippen LogP contribution in [0.5, 0.6) is 0 Å². The number of fused-ring (bicyclic) bond motifs is 1. The van der Waals surface area contributed by atoms with E-state index < -0.39 is 38.3 Å². The van der Waals surface area contributed by atoms with Crippen molar-refractivity contribution in [3.63, 3.8) is 0 Å². The first-order valence-corrected chi connectivity index (χ1v) is 14.9. The number of carbonyl (C=O) groups is 2. The summed E-state index contributed by atoms with van der Waals surface area (Å²) in [6, 6.07) is 10.6. The van der Waals surface area contributed by atoms with Crippen molar-refractivity contribution in [1.82, 2.24) is 19.3 Å². The van der Waals surface area contributed by atoms with Crippen molar-refractivity contribution in [3.8, 4) is 11.1 Å². The lowest BCUT2D eigenvalue weighted by Gasteiger charge is -2.20. The van der Waals surface area contributed by atoms with Gasteiger partial charge in [-0.05, 0) is 82.0 Å². The molecule has 0 aliphatic heterocycles. The number of nitrogens with one attached hydrogen (secondary N) is 2. The lowest BCUT2D eigenvalue weighted by atomic mass is 10.0. The minimum absolute atomic E-state index is 0.0338. The number of carbonyl (C=O) groups excluding carboxylic acids is 2. The fourth-order valence-electron chi connectivity index (χ4n) is 4.87. The molecule has 1 aliphatic carbocycles. The normalized spacial score (nSPS) is 13.8. The van der Waals surface area contributed by atoms with Crippen molar-refractivity contribution in [2.75, 3.05) is 0 Å². The molecule has 0 radical (unpaired) electrons. The highest BCUT2D eigenvalue weighted by Gasteiger charge is 2.38. The third-order valence-electron chi connectivity index (χ3n) is 6.81. The van der Waals surface area contributed by atoms with Crippen LogP contribution in [-0.4, -0.2) is 45.7 Å². The number of aryl methyl sites for hydroxylation is 1. The standard InChI is InChI=1S/C30H32N4O6S/c1-18-7-10-24-23(14-18)26(22-6-5-12-32-28(22)36)27(29(37)33-41(38,39)21-8-9-21)34(24)17-19-11-13-31-16-20(19)15-25(35)40-30(2,3)4/h5-7,10-14,16,21H,8-9,15,17H2,1-4H3,(H,32,36)(H,33,37). The molecule has 0 atom stereocenters. The number of hydrogen-bond acceptors (Lipinski definition) is 7. The molecule has 0 bridgehead atoms. The summed E-state index contributed by atoms with van der Waals surface area (Å²) in [6.45, 7) is 7.37. The van der Waals surface area contributed by atoms with E-state index in [2.05, 4.69) is 14.7 Å². The lowest BCUT2D eigenvalue weighted by Crippen LogP contribution is -2.35. The first-order valence-electron chi connectivity index (χ1n) is 13.3. The molecule has 5 rings (SSSR count). The average Bonchev–Trinajstić information content (AvgIpc) is 3.69. The second-order valence-corrected chi connectivity index (χ2v) is 13.3. The second kappa shape index (κ2) is 10.6. The van der Waals surface area contributed by atoms with Crippen LogP contribution in [0.1, 0.15) is 60.8 Å². The minimum atomic E-state index is -3.89. The number of pyridine rings is 2. The fraction of sp³-hybridized carbons (Fsp3) is 0.333. The number of esters is 1. The largest absolute Gasteiger partial charge is 0.460 e. The lowest BCUT2D eigenvalue weighted by molar-refractivity contribution is -0.153. The molecule has 1 amide bonds. The quantitative estimate of drug-likeness (QED) is 0.304. The number of nitrogens with zero attached hydrogens (tertiary/aromatic N) is 2. The van der Waals surface area contributed by atoms with E-state index in [1.165, 1.54) is 6.20 Å². The molecule has 1 saturated carbocycles. The summed E-state index contributed by atoms with van der Waals surface area (Å²) in [5, 5.41) is 0.00847. The molecule has 1 aliphatic rings. The monoisotopic (exact) mass is 576 g/mol. The molecule has 3 aromatic heterocycles. The van der Waals surface area contributed by atoms with Crippen molar-refractivity contribution in [2.24, 2.45) is 0 Å². The number of rotatable bonds is 8. The Morgan fingerprint density at radius 2 is 1.90 bits per heavy atom. The summed E-state index contributed by atoms with van der Waals surface area (Å²) in [7, 11) is -3.89. The van der Waals surface area contributed by atoms with Crippen molar-refractivity contribution in [2.45, 2.75) is 64.4 Å². The molecule has 0 spiro atoms. The molecule has 41 heavy (non-hydrogen) atoms. The summed E-state index contributed by atoms with van der Waals surface area (Å²) < 4.78 is 35.2. The first kappa shape index (κ1) is 28.3. The molecule has 0 unspecified atom stereocenters. The first-order chi connectivity index (χ1) is 19.3. The van der Waals surface area contributed by atoms with Crippen LogP contribution in [-0.2, 0) is 32.5 Å². The Morgan fingerprint density at radius 1 is 1.15 bits per heavy atom. The summed E-state index contributed by atoms with van der Waals surface area (Å²) in [5.41, 5.74) is 2.34.